The number of hydrogen-bond donors (Lipinski definition) is 0. The first-order valence-corrected chi connectivity index (χ1v) is 26.0. The molecule has 0 aromatic carbocycles. The monoisotopic (exact) mass is 921 g/mol. The Bertz CT molecular complexity index is 1570. The first-order valence-electron chi connectivity index (χ1n) is 26.0. The summed E-state index contributed by atoms with van der Waals surface area (Å²) < 4.78 is 16.7. The molecule has 67 heavy (non-hydrogen) atoms. The number of carbonyl (C=O) groups is 3. The van der Waals surface area contributed by atoms with Crippen molar-refractivity contribution in [1.82, 2.24) is 0 Å². The number of unbranched alkanes of at least 4 members (excludes halogenated alkanes) is 10. The van der Waals surface area contributed by atoms with Gasteiger partial charge in [-0.3, -0.25) is 14.4 Å². The van der Waals surface area contributed by atoms with Crippen LogP contribution in [0.2, 0.25) is 0 Å². The van der Waals surface area contributed by atoms with Crippen LogP contribution in [0.15, 0.2) is 158 Å². The molecule has 372 valence electrons. The third-order valence-corrected chi connectivity index (χ3v) is 10.1. The highest BCUT2D eigenvalue weighted by Crippen LogP contribution is 2.12. The van der Waals surface area contributed by atoms with Crippen LogP contribution in [0.25, 0.3) is 0 Å². The molecule has 0 N–H and O–H groups in total. The Labute approximate surface area is 409 Å². The van der Waals surface area contributed by atoms with E-state index in [-0.39, 0.29) is 38.0 Å². The van der Waals surface area contributed by atoms with E-state index >= 15 is 0 Å². The van der Waals surface area contributed by atoms with Gasteiger partial charge in [0.1, 0.15) is 13.2 Å². The van der Waals surface area contributed by atoms with Crippen LogP contribution in [-0.4, -0.2) is 37.2 Å². The van der Waals surface area contributed by atoms with E-state index in [1.54, 1.807) is 0 Å². The fraction of sp³-hybridized carbons (Fsp3) is 0.525. The minimum Gasteiger partial charge on any atom is -0.462 e. The predicted molar refractivity (Wildman–Crippen MR) is 288 cm³/mol. The highest BCUT2D eigenvalue weighted by Gasteiger charge is 2.19. The average molecular weight is 921 g/mol. The molecule has 0 rings (SSSR count). The first-order chi connectivity index (χ1) is 33.0. The summed E-state index contributed by atoms with van der Waals surface area (Å²) >= 11 is 0. The van der Waals surface area contributed by atoms with Gasteiger partial charge in [-0.05, 0) is 116 Å². The van der Waals surface area contributed by atoms with E-state index in [0.29, 0.717) is 12.8 Å². The average Bonchev–Trinajstić information content (AvgIpc) is 3.33. The molecule has 0 bridgehead atoms. The molecule has 1 unspecified atom stereocenters. The molecule has 0 fully saturated rings. The molecule has 6 heteroatoms. The summed E-state index contributed by atoms with van der Waals surface area (Å²) in [6.07, 6.45) is 78.0. The van der Waals surface area contributed by atoms with Crippen LogP contribution < -0.4 is 0 Å². The Morgan fingerprint density at radius 3 is 1.07 bits per heavy atom. The minimum atomic E-state index is -0.838. The minimum absolute atomic E-state index is 0.129. The molecular weight excluding hydrogens is 829 g/mol. The normalized spacial score (nSPS) is 13.4. The fourth-order valence-electron chi connectivity index (χ4n) is 6.30. The Hall–Kier alpha value is -4.97. The van der Waals surface area contributed by atoms with Crippen LogP contribution in [0.4, 0.5) is 0 Å². The van der Waals surface area contributed by atoms with Crippen molar-refractivity contribution in [3.63, 3.8) is 0 Å². The second kappa shape index (κ2) is 53.6. The maximum Gasteiger partial charge on any atom is 0.306 e. The number of hydrogen-bond acceptors (Lipinski definition) is 6. The Balaban J connectivity index is 4.58. The van der Waals surface area contributed by atoms with Gasteiger partial charge >= 0.3 is 17.9 Å². The van der Waals surface area contributed by atoms with Gasteiger partial charge < -0.3 is 14.2 Å². The zero-order valence-corrected chi connectivity index (χ0v) is 42.3. The molecule has 0 aliphatic carbocycles. The van der Waals surface area contributed by atoms with Gasteiger partial charge in [-0.15, -0.1) is 0 Å². The number of rotatable bonds is 44. The Kier molecular flexibility index (Phi) is 49.7. The van der Waals surface area contributed by atoms with Crippen molar-refractivity contribution in [2.75, 3.05) is 13.2 Å². The van der Waals surface area contributed by atoms with Gasteiger partial charge in [0.25, 0.3) is 0 Å². The van der Waals surface area contributed by atoms with E-state index in [4.69, 9.17) is 14.2 Å². The van der Waals surface area contributed by atoms with Gasteiger partial charge in [0.2, 0.25) is 0 Å². The second-order valence-corrected chi connectivity index (χ2v) is 16.4. The smallest absolute Gasteiger partial charge is 0.306 e. The van der Waals surface area contributed by atoms with Crippen LogP contribution in [0.3, 0.4) is 0 Å². The molecule has 1 atom stereocenters. The topological polar surface area (TPSA) is 78.9 Å². The molecule has 0 heterocycles. The fourth-order valence-corrected chi connectivity index (χ4v) is 6.30. The van der Waals surface area contributed by atoms with E-state index in [0.717, 1.165) is 128 Å². The van der Waals surface area contributed by atoms with Gasteiger partial charge in [0.05, 0.1) is 0 Å². The van der Waals surface area contributed by atoms with Crippen LogP contribution >= 0.6 is 0 Å². The van der Waals surface area contributed by atoms with Gasteiger partial charge in [0, 0.05) is 19.3 Å². The lowest BCUT2D eigenvalue weighted by Gasteiger charge is -2.18. The zero-order chi connectivity index (χ0) is 48.6. The highest BCUT2D eigenvalue weighted by atomic mass is 16.6. The summed E-state index contributed by atoms with van der Waals surface area (Å²) in [5.41, 5.74) is 0. The second-order valence-electron chi connectivity index (χ2n) is 16.4. The lowest BCUT2D eigenvalue weighted by Crippen LogP contribution is -2.30. The summed E-state index contributed by atoms with van der Waals surface area (Å²) in [6.45, 7) is 6.14. The number of carbonyl (C=O) groups excluding carboxylic acids is 3. The number of ether oxygens (including phenoxy) is 3. The van der Waals surface area contributed by atoms with Crippen molar-refractivity contribution in [3.05, 3.63) is 158 Å². The maximum absolute atomic E-state index is 12.8. The van der Waals surface area contributed by atoms with Gasteiger partial charge in [-0.25, -0.2) is 0 Å². The van der Waals surface area contributed by atoms with Gasteiger partial charge in [-0.1, -0.05) is 211 Å². The molecule has 0 radical (unpaired) electrons. The SMILES string of the molecule is CC/C=C/C=C/C=C/C=C/CCCCCC(=O)OCC(COC(=O)CCCCCCCC/C=C/C/C=C/C/C=C/C/C=C/CC)OC(=O)CCC/C=C/C/C=C/C/C=C/C/C=C/C/C=C/CC. The molecule has 0 saturated heterocycles. The van der Waals surface area contributed by atoms with Crippen molar-refractivity contribution in [1.29, 1.82) is 0 Å². The van der Waals surface area contributed by atoms with E-state index in [1.165, 1.54) is 12.8 Å². The molecule has 0 aliphatic rings. The van der Waals surface area contributed by atoms with Crippen LogP contribution in [-0.2, 0) is 28.6 Å². The van der Waals surface area contributed by atoms with Crippen molar-refractivity contribution in [2.24, 2.45) is 0 Å². The molecule has 6 nitrogen and oxygen atoms in total. The van der Waals surface area contributed by atoms with Crippen molar-refractivity contribution < 1.29 is 28.6 Å². The van der Waals surface area contributed by atoms with Crippen molar-refractivity contribution in [3.8, 4) is 0 Å². The Morgan fingerprint density at radius 2 is 0.627 bits per heavy atom. The lowest BCUT2D eigenvalue weighted by atomic mass is 10.1. The third kappa shape index (κ3) is 51.9. The largest absolute Gasteiger partial charge is 0.462 e. The zero-order valence-electron chi connectivity index (χ0n) is 42.3. The van der Waals surface area contributed by atoms with E-state index < -0.39 is 12.1 Å². The standard InChI is InChI=1S/C61H92O6/c1-4-7-10-13-16-19-22-25-27-29-30-32-33-36-39-42-45-48-51-54-60(63)66-57-58(56-65-59(62)53-50-47-44-41-38-35-24-21-18-15-12-9-6-3)67-61(64)55-52-49-46-43-40-37-34-31-28-26-23-20-17-14-11-8-5-2/h7-12,15-21,24-28,30,32,34-35,37-38,43,46,58H,4-6,13-14,22-23,29,31,33,36,39-42,44-45,47-57H2,1-3H3/b10-7+,11-8+,12-9+,18-15+,19-16+,20-17+,24-21+,27-25+,28-26+,32-30+,37-34+,38-35+,46-43+. The first kappa shape index (κ1) is 62.0. The molecule has 0 saturated carbocycles. The van der Waals surface area contributed by atoms with Gasteiger partial charge in [0.15, 0.2) is 6.10 Å². The summed E-state index contributed by atoms with van der Waals surface area (Å²) in [6, 6.07) is 0. The van der Waals surface area contributed by atoms with Crippen LogP contribution in [0, 0.1) is 0 Å². The molecular formula is C61H92O6. The number of esters is 3. The summed E-state index contributed by atoms with van der Waals surface area (Å²) in [7, 11) is 0. The molecule has 0 spiro atoms. The third-order valence-electron chi connectivity index (χ3n) is 10.1. The van der Waals surface area contributed by atoms with Crippen molar-refractivity contribution in [2.45, 2.75) is 194 Å². The molecule has 0 aromatic rings. The van der Waals surface area contributed by atoms with Crippen molar-refractivity contribution >= 4 is 17.9 Å². The highest BCUT2D eigenvalue weighted by molar-refractivity contribution is 5.71. The van der Waals surface area contributed by atoms with E-state index in [2.05, 4.69) is 142 Å². The van der Waals surface area contributed by atoms with E-state index in [9.17, 15) is 14.4 Å². The summed E-state index contributed by atoms with van der Waals surface area (Å²) in [4.78, 5) is 38.0. The summed E-state index contributed by atoms with van der Waals surface area (Å²) in [5.74, 6) is -1.06. The summed E-state index contributed by atoms with van der Waals surface area (Å²) in [5, 5.41) is 0. The van der Waals surface area contributed by atoms with Gasteiger partial charge in [-0.2, -0.15) is 0 Å². The Morgan fingerprint density at radius 1 is 0.313 bits per heavy atom. The van der Waals surface area contributed by atoms with E-state index in [1.807, 2.05) is 36.5 Å². The quantitative estimate of drug-likeness (QED) is 0.0199. The molecule has 0 aliphatic heterocycles. The number of allylic oxidation sites excluding steroid dienone is 26. The van der Waals surface area contributed by atoms with Crippen LogP contribution in [0.1, 0.15) is 188 Å². The molecule has 0 aromatic heterocycles. The van der Waals surface area contributed by atoms with Crippen LogP contribution in [0.5, 0.6) is 0 Å². The lowest BCUT2D eigenvalue weighted by molar-refractivity contribution is -0.167. The predicted octanol–water partition coefficient (Wildman–Crippen LogP) is 17.4. The maximum atomic E-state index is 12.8. The molecule has 0 amide bonds.